The van der Waals surface area contributed by atoms with Gasteiger partial charge in [0.1, 0.15) is 23.4 Å². The molecule has 1 aliphatic rings. The van der Waals surface area contributed by atoms with Gasteiger partial charge in [-0.15, -0.1) is 0 Å². The maximum Gasteiger partial charge on any atom is 0.128 e. The van der Waals surface area contributed by atoms with Gasteiger partial charge in [0.05, 0.1) is 7.11 Å². The van der Waals surface area contributed by atoms with Crippen LogP contribution in [0.5, 0.6) is 11.5 Å². The van der Waals surface area contributed by atoms with Crippen molar-refractivity contribution in [2.24, 2.45) is 5.73 Å². The Labute approximate surface area is 117 Å². The molecule has 2 aromatic rings. The summed E-state index contributed by atoms with van der Waals surface area (Å²) >= 11 is 0. The summed E-state index contributed by atoms with van der Waals surface area (Å²) < 4.78 is 24.2. The van der Waals surface area contributed by atoms with Crippen LogP contribution in [0.4, 0.5) is 4.39 Å². The standard InChI is InChI=1S/C16H16FNO2/c1-19-12-6-7-13-14(18)9-15(20-16(13)8-12)10-2-4-11(17)5-3-10/h2-8,14-15H,9,18H2,1H3/t14-,15?/m0/s1. The van der Waals surface area contributed by atoms with Crippen LogP contribution in [0, 0.1) is 5.82 Å². The molecule has 2 atom stereocenters. The number of halogens is 1. The van der Waals surface area contributed by atoms with Gasteiger partial charge >= 0.3 is 0 Å². The third-order valence-corrected chi connectivity index (χ3v) is 3.60. The first-order chi connectivity index (χ1) is 9.67. The van der Waals surface area contributed by atoms with Gasteiger partial charge in [0.2, 0.25) is 0 Å². The number of benzene rings is 2. The van der Waals surface area contributed by atoms with Crippen LogP contribution < -0.4 is 15.2 Å². The third-order valence-electron chi connectivity index (χ3n) is 3.60. The molecule has 0 saturated heterocycles. The molecule has 104 valence electrons. The number of hydrogen-bond acceptors (Lipinski definition) is 3. The maximum absolute atomic E-state index is 13.0. The zero-order chi connectivity index (χ0) is 14.1. The van der Waals surface area contributed by atoms with Crippen LogP contribution in [0.15, 0.2) is 42.5 Å². The lowest BCUT2D eigenvalue weighted by Crippen LogP contribution is -2.24. The van der Waals surface area contributed by atoms with Gasteiger partial charge in [-0.25, -0.2) is 4.39 Å². The Morgan fingerprint density at radius 2 is 1.95 bits per heavy atom. The first-order valence-corrected chi connectivity index (χ1v) is 6.53. The van der Waals surface area contributed by atoms with Gasteiger partial charge in [-0.1, -0.05) is 18.2 Å². The highest BCUT2D eigenvalue weighted by Gasteiger charge is 2.27. The van der Waals surface area contributed by atoms with Crippen LogP contribution in [-0.4, -0.2) is 7.11 Å². The van der Waals surface area contributed by atoms with E-state index in [2.05, 4.69) is 0 Å². The molecular weight excluding hydrogens is 257 g/mol. The van der Waals surface area contributed by atoms with E-state index >= 15 is 0 Å². The number of hydrogen-bond donors (Lipinski definition) is 1. The molecule has 0 amide bonds. The van der Waals surface area contributed by atoms with Gasteiger partial charge in [-0.3, -0.25) is 0 Å². The van der Waals surface area contributed by atoms with Crippen LogP contribution in [0.3, 0.4) is 0 Å². The summed E-state index contributed by atoms with van der Waals surface area (Å²) in [6.45, 7) is 0. The van der Waals surface area contributed by atoms with Crippen molar-refractivity contribution >= 4 is 0 Å². The molecule has 0 radical (unpaired) electrons. The fourth-order valence-electron chi connectivity index (χ4n) is 2.49. The smallest absolute Gasteiger partial charge is 0.128 e. The molecule has 2 N–H and O–H groups in total. The topological polar surface area (TPSA) is 44.5 Å². The maximum atomic E-state index is 13.0. The van der Waals surface area contributed by atoms with Crippen LogP contribution >= 0.6 is 0 Å². The van der Waals surface area contributed by atoms with Crippen molar-refractivity contribution in [1.29, 1.82) is 0 Å². The molecule has 2 aromatic carbocycles. The minimum atomic E-state index is -0.254. The summed E-state index contributed by atoms with van der Waals surface area (Å²) in [5.74, 6) is 1.21. The van der Waals surface area contributed by atoms with Crippen molar-refractivity contribution in [1.82, 2.24) is 0 Å². The number of rotatable bonds is 2. The van der Waals surface area contributed by atoms with Gasteiger partial charge in [0.25, 0.3) is 0 Å². The summed E-state index contributed by atoms with van der Waals surface area (Å²) in [7, 11) is 1.61. The minimum absolute atomic E-state index is 0.0975. The van der Waals surface area contributed by atoms with E-state index in [4.69, 9.17) is 15.2 Å². The third kappa shape index (κ3) is 2.34. The molecule has 0 saturated carbocycles. The van der Waals surface area contributed by atoms with E-state index in [0.29, 0.717) is 6.42 Å². The van der Waals surface area contributed by atoms with Crippen molar-refractivity contribution in [3.63, 3.8) is 0 Å². The molecule has 0 aliphatic carbocycles. The second-order valence-corrected chi connectivity index (χ2v) is 4.90. The molecule has 0 fully saturated rings. The van der Waals surface area contributed by atoms with Crippen LogP contribution in [0.2, 0.25) is 0 Å². The molecule has 0 spiro atoms. The molecule has 1 unspecified atom stereocenters. The number of nitrogens with two attached hydrogens (primary N) is 1. The van der Waals surface area contributed by atoms with Crippen molar-refractivity contribution in [3.8, 4) is 11.5 Å². The molecule has 0 aromatic heterocycles. The second-order valence-electron chi connectivity index (χ2n) is 4.90. The number of fused-ring (bicyclic) bond motifs is 1. The molecule has 1 heterocycles. The lowest BCUT2D eigenvalue weighted by Gasteiger charge is -2.30. The summed E-state index contributed by atoms with van der Waals surface area (Å²) in [5.41, 5.74) is 8.10. The fourth-order valence-corrected chi connectivity index (χ4v) is 2.49. The predicted octanol–water partition coefficient (Wildman–Crippen LogP) is 3.36. The van der Waals surface area contributed by atoms with Crippen molar-refractivity contribution in [3.05, 3.63) is 59.4 Å². The second kappa shape index (κ2) is 5.13. The van der Waals surface area contributed by atoms with Crippen LogP contribution in [0.25, 0.3) is 0 Å². The molecule has 4 heteroatoms. The highest BCUT2D eigenvalue weighted by molar-refractivity contribution is 5.44. The van der Waals surface area contributed by atoms with E-state index in [-0.39, 0.29) is 18.0 Å². The molecule has 0 bridgehead atoms. The molecule has 3 rings (SSSR count). The van der Waals surface area contributed by atoms with Crippen LogP contribution in [-0.2, 0) is 0 Å². The lowest BCUT2D eigenvalue weighted by molar-refractivity contribution is 0.161. The van der Waals surface area contributed by atoms with Gasteiger partial charge in [0, 0.05) is 24.1 Å². The monoisotopic (exact) mass is 273 g/mol. The zero-order valence-electron chi connectivity index (χ0n) is 11.2. The van der Waals surface area contributed by atoms with E-state index in [0.717, 1.165) is 22.6 Å². The first kappa shape index (κ1) is 12.9. The Balaban J connectivity index is 1.92. The lowest BCUT2D eigenvalue weighted by atomic mass is 9.93. The number of methoxy groups -OCH3 is 1. The minimum Gasteiger partial charge on any atom is -0.497 e. The highest BCUT2D eigenvalue weighted by atomic mass is 19.1. The fraction of sp³-hybridized carbons (Fsp3) is 0.250. The van der Waals surface area contributed by atoms with E-state index in [1.807, 2.05) is 18.2 Å². The van der Waals surface area contributed by atoms with Crippen molar-refractivity contribution < 1.29 is 13.9 Å². The van der Waals surface area contributed by atoms with Crippen LogP contribution in [0.1, 0.15) is 29.7 Å². The Hall–Kier alpha value is -2.07. The Bertz CT molecular complexity index is 612. The molecular formula is C16H16FNO2. The average molecular weight is 273 g/mol. The van der Waals surface area contributed by atoms with Gasteiger partial charge in [0.15, 0.2) is 0 Å². The van der Waals surface area contributed by atoms with E-state index in [1.54, 1.807) is 19.2 Å². The Morgan fingerprint density at radius 3 is 2.65 bits per heavy atom. The van der Waals surface area contributed by atoms with E-state index < -0.39 is 0 Å². The quantitative estimate of drug-likeness (QED) is 0.912. The summed E-state index contributed by atoms with van der Waals surface area (Å²) in [5, 5.41) is 0. The predicted molar refractivity (Wildman–Crippen MR) is 74.3 cm³/mol. The van der Waals surface area contributed by atoms with Gasteiger partial charge in [-0.2, -0.15) is 0 Å². The van der Waals surface area contributed by atoms with Gasteiger partial charge < -0.3 is 15.2 Å². The van der Waals surface area contributed by atoms with Gasteiger partial charge in [-0.05, 0) is 23.8 Å². The average Bonchev–Trinajstić information content (AvgIpc) is 2.47. The largest absolute Gasteiger partial charge is 0.497 e. The molecule has 3 nitrogen and oxygen atoms in total. The molecule has 20 heavy (non-hydrogen) atoms. The van der Waals surface area contributed by atoms with E-state index in [9.17, 15) is 4.39 Å². The number of ether oxygens (including phenoxy) is 2. The summed E-state index contributed by atoms with van der Waals surface area (Å²) in [6.07, 6.45) is 0.510. The normalized spacial score (nSPS) is 20.9. The first-order valence-electron chi connectivity index (χ1n) is 6.53. The SMILES string of the molecule is COc1ccc2c(c1)OC(c1ccc(F)cc1)C[C@@H]2N. The molecule has 1 aliphatic heterocycles. The summed E-state index contributed by atoms with van der Waals surface area (Å²) in [6, 6.07) is 11.9. The van der Waals surface area contributed by atoms with Crippen molar-refractivity contribution in [2.45, 2.75) is 18.6 Å². The van der Waals surface area contributed by atoms with E-state index in [1.165, 1.54) is 12.1 Å². The van der Waals surface area contributed by atoms with Crippen molar-refractivity contribution in [2.75, 3.05) is 7.11 Å². The highest BCUT2D eigenvalue weighted by Crippen LogP contribution is 2.41. The zero-order valence-corrected chi connectivity index (χ0v) is 11.2. The summed E-state index contributed by atoms with van der Waals surface area (Å²) in [4.78, 5) is 0. The Morgan fingerprint density at radius 1 is 1.20 bits per heavy atom. The Kier molecular flexibility index (Phi) is 3.32.